The summed E-state index contributed by atoms with van der Waals surface area (Å²) in [5.74, 6) is -0.356. The van der Waals surface area contributed by atoms with E-state index in [0.29, 0.717) is 13.0 Å². The Morgan fingerprint density at radius 1 is 1.20 bits per heavy atom. The van der Waals surface area contributed by atoms with Crippen LogP contribution < -0.4 is 10.6 Å². The van der Waals surface area contributed by atoms with Crippen molar-refractivity contribution in [3.63, 3.8) is 0 Å². The third kappa shape index (κ3) is 10.4. The van der Waals surface area contributed by atoms with Crippen molar-refractivity contribution in [2.45, 2.75) is 52.0 Å². The molecule has 3 N–H and O–H groups in total. The number of esters is 1. The monoisotopic (exact) mass is 352 g/mol. The van der Waals surface area contributed by atoms with Crippen LogP contribution in [0.2, 0.25) is 0 Å². The molecule has 1 atom stereocenters. The highest BCUT2D eigenvalue weighted by Crippen LogP contribution is 2.08. The predicted octanol–water partition coefficient (Wildman–Crippen LogP) is 1.94. The van der Waals surface area contributed by atoms with Crippen LogP contribution in [0.5, 0.6) is 0 Å². The summed E-state index contributed by atoms with van der Waals surface area (Å²) in [5, 5.41) is 14.5. The van der Waals surface area contributed by atoms with Gasteiger partial charge in [0.25, 0.3) is 0 Å². The molecule has 0 aliphatic carbocycles. The second kappa shape index (κ2) is 10.7. The van der Waals surface area contributed by atoms with Crippen molar-refractivity contribution in [1.82, 2.24) is 10.6 Å². The first-order valence-electron chi connectivity index (χ1n) is 8.33. The fourth-order valence-electron chi connectivity index (χ4n) is 1.99. The maximum Gasteiger partial charge on any atom is 0.408 e. The molecule has 0 aliphatic heterocycles. The summed E-state index contributed by atoms with van der Waals surface area (Å²) in [6, 6.07) is 9.41. The number of hydrogen-bond donors (Lipinski definition) is 3. The molecular formula is C18H28N2O5. The number of alkyl carbamates (subject to hydrolysis) is 1. The summed E-state index contributed by atoms with van der Waals surface area (Å²) in [6.07, 6.45) is -0.620. The minimum absolute atomic E-state index is 0.0784. The van der Waals surface area contributed by atoms with Crippen LogP contribution in [0, 0.1) is 0 Å². The van der Waals surface area contributed by atoms with Crippen molar-refractivity contribution in [3.8, 4) is 0 Å². The van der Waals surface area contributed by atoms with E-state index in [1.54, 1.807) is 20.8 Å². The van der Waals surface area contributed by atoms with Crippen LogP contribution in [0.15, 0.2) is 30.3 Å². The Morgan fingerprint density at radius 3 is 2.48 bits per heavy atom. The Hall–Kier alpha value is -2.12. The number of hydrogen-bond acceptors (Lipinski definition) is 6. The molecule has 140 valence electrons. The summed E-state index contributed by atoms with van der Waals surface area (Å²) in [7, 11) is 0. The van der Waals surface area contributed by atoms with E-state index in [0.717, 1.165) is 5.56 Å². The zero-order valence-corrected chi connectivity index (χ0v) is 15.1. The topological polar surface area (TPSA) is 96.9 Å². The normalized spacial score (nSPS) is 12.3. The van der Waals surface area contributed by atoms with Crippen LogP contribution in [-0.2, 0) is 20.9 Å². The summed E-state index contributed by atoms with van der Waals surface area (Å²) in [6.45, 7) is 5.73. The molecule has 0 aliphatic rings. The van der Waals surface area contributed by atoms with Crippen molar-refractivity contribution in [2.24, 2.45) is 0 Å². The molecule has 0 bridgehead atoms. The van der Waals surface area contributed by atoms with Crippen LogP contribution >= 0.6 is 0 Å². The van der Waals surface area contributed by atoms with E-state index in [4.69, 9.17) is 14.6 Å². The number of carbonyl (C=O) groups excluding carboxylic acids is 2. The number of amides is 1. The second-order valence-corrected chi connectivity index (χ2v) is 6.56. The van der Waals surface area contributed by atoms with Gasteiger partial charge in [-0.3, -0.25) is 10.1 Å². The van der Waals surface area contributed by atoms with Crippen LogP contribution in [0.3, 0.4) is 0 Å². The first-order valence-corrected chi connectivity index (χ1v) is 8.33. The first-order chi connectivity index (χ1) is 11.8. The van der Waals surface area contributed by atoms with E-state index in [-0.39, 0.29) is 25.6 Å². The Morgan fingerprint density at radius 2 is 1.88 bits per heavy atom. The summed E-state index contributed by atoms with van der Waals surface area (Å²) < 4.78 is 10.4. The zero-order chi connectivity index (χ0) is 18.7. The third-order valence-corrected chi connectivity index (χ3v) is 3.07. The molecule has 0 heterocycles. The fourth-order valence-corrected chi connectivity index (χ4v) is 1.99. The predicted molar refractivity (Wildman–Crippen MR) is 93.7 cm³/mol. The van der Waals surface area contributed by atoms with E-state index < -0.39 is 17.9 Å². The largest absolute Gasteiger partial charge is 0.461 e. The van der Waals surface area contributed by atoms with E-state index in [2.05, 4.69) is 10.6 Å². The molecular weight excluding hydrogens is 324 g/mol. The SMILES string of the molecule is CC(C)(C)OC(=O)NC(CCC(=O)OCc1ccccc1)NCCO. The summed E-state index contributed by atoms with van der Waals surface area (Å²) in [4.78, 5) is 23.7. The highest BCUT2D eigenvalue weighted by Gasteiger charge is 2.20. The lowest BCUT2D eigenvalue weighted by Gasteiger charge is -2.24. The van der Waals surface area contributed by atoms with Gasteiger partial charge in [0.2, 0.25) is 0 Å². The van der Waals surface area contributed by atoms with Gasteiger partial charge < -0.3 is 19.9 Å². The molecule has 1 aromatic rings. The van der Waals surface area contributed by atoms with E-state index in [1.807, 2.05) is 30.3 Å². The number of rotatable bonds is 9. The van der Waals surface area contributed by atoms with Crippen molar-refractivity contribution in [3.05, 3.63) is 35.9 Å². The fraction of sp³-hybridized carbons (Fsp3) is 0.556. The van der Waals surface area contributed by atoms with Crippen molar-refractivity contribution in [1.29, 1.82) is 0 Å². The maximum absolute atomic E-state index is 11.9. The van der Waals surface area contributed by atoms with Crippen LogP contribution in [0.25, 0.3) is 0 Å². The van der Waals surface area contributed by atoms with Gasteiger partial charge in [0, 0.05) is 13.0 Å². The van der Waals surface area contributed by atoms with Gasteiger partial charge in [-0.25, -0.2) is 4.79 Å². The highest BCUT2D eigenvalue weighted by atomic mass is 16.6. The molecule has 0 spiro atoms. The molecule has 1 unspecified atom stereocenters. The van der Waals surface area contributed by atoms with Crippen LogP contribution in [-0.4, -0.2) is 42.1 Å². The number of aliphatic hydroxyl groups is 1. The smallest absolute Gasteiger partial charge is 0.408 e. The number of carbonyl (C=O) groups is 2. The average molecular weight is 352 g/mol. The lowest BCUT2D eigenvalue weighted by atomic mass is 10.2. The Bertz CT molecular complexity index is 528. The zero-order valence-electron chi connectivity index (χ0n) is 15.1. The molecule has 1 aromatic carbocycles. The van der Waals surface area contributed by atoms with Gasteiger partial charge in [-0.15, -0.1) is 0 Å². The number of nitrogens with one attached hydrogen (secondary N) is 2. The van der Waals surface area contributed by atoms with Crippen LogP contribution in [0.4, 0.5) is 4.79 Å². The van der Waals surface area contributed by atoms with Gasteiger partial charge in [0.15, 0.2) is 0 Å². The molecule has 0 aromatic heterocycles. The molecule has 1 amide bonds. The van der Waals surface area contributed by atoms with Gasteiger partial charge in [0.1, 0.15) is 12.2 Å². The molecule has 0 saturated carbocycles. The molecule has 7 heteroatoms. The van der Waals surface area contributed by atoms with E-state index >= 15 is 0 Å². The highest BCUT2D eigenvalue weighted by molar-refractivity contribution is 5.70. The number of aliphatic hydroxyl groups excluding tert-OH is 1. The molecule has 25 heavy (non-hydrogen) atoms. The average Bonchev–Trinajstić information content (AvgIpc) is 2.54. The maximum atomic E-state index is 11.9. The van der Waals surface area contributed by atoms with Crippen molar-refractivity contribution < 1.29 is 24.2 Å². The van der Waals surface area contributed by atoms with Gasteiger partial charge in [-0.1, -0.05) is 30.3 Å². The van der Waals surface area contributed by atoms with Crippen molar-refractivity contribution in [2.75, 3.05) is 13.2 Å². The minimum Gasteiger partial charge on any atom is -0.461 e. The first kappa shape index (κ1) is 20.9. The molecule has 1 rings (SSSR count). The van der Waals surface area contributed by atoms with E-state index in [1.165, 1.54) is 0 Å². The standard InChI is InChI=1S/C18H28N2O5/c1-18(2,3)25-17(23)20-15(19-11-12-21)9-10-16(22)24-13-14-7-5-4-6-8-14/h4-8,15,19,21H,9-13H2,1-3H3,(H,20,23). The molecule has 7 nitrogen and oxygen atoms in total. The second-order valence-electron chi connectivity index (χ2n) is 6.56. The van der Waals surface area contributed by atoms with Crippen LogP contribution in [0.1, 0.15) is 39.2 Å². The lowest BCUT2D eigenvalue weighted by molar-refractivity contribution is -0.145. The minimum atomic E-state index is -0.611. The van der Waals surface area contributed by atoms with Gasteiger partial charge in [0.05, 0.1) is 12.8 Å². The molecule has 0 fully saturated rings. The Kier molecular flexibility index (Phi) is 8.94. The van der Waals surface area contributed by atoms with Gasteiger partial charge in [-0.2, -0.15) is 0 Å². The Balaban J connectivity index is 2.40. The van der Waals surface area contributed by atoms with Crippen molar-refractivity contribution >= 4 is 12.1 Å². The van der Waals surface area contributed by atoms with Gasteiger partial charge >= 0.3 is 12.1 Å². The molecule has 0 saturated heterocycles. The molecule has 0 radical (unpaired) electrons. The summed E-state index contributed by atoms with van der Waals surface area (Å²) in [5.41, 5.74) is 0.304. The Labute approximate surface area is 148 Å². The quantitative estimate of drug-likeness (QED) is 0.464. The third-order valence-electron chi connectivity index (χ3n) is 3.07. The number of ether oxygens (including phenoxy) is 2. The van der Waals surface area contributed by atoms with E-state index in [9.17, 15) is 9.59 Å². The van der Waals surface area contributed by atoms with Gasteiger partial charge in [-0.05, 0) is 32.8 Å². The summed E-state index contributed by atoms with van der Waals surface area (Å²) >= 11 is 0. The lowest BCUT2D eigenvalue weighted by Crippen LogP contribution is -2.48. The number of benzene rings is 1.